The van der Waals surface area contributed by atoms with Crippen molar-refractivity contribution in [2.24, 2.45) is 5.84 Å². The first kappa shape index (κ1) is 13.0. The van der Waals surface area contributed by atoms with Crippen LogP contribution in [0.3, 0.4) is 0 Å². The molecule has 2 aromatic rings. The van der Waals surface area contributed by atoms with Crippen LogP contribution in [-0.4, -0.2) is 33.5 Å². The van der Waals surface area contributed by atoms with Gasteiger partial charge in [0.15, 0.2) is 0 Å². The normalized spacial score (nSPS) is 12.8. The Balaban J connectivity index is 2.32. The summed E-state index contributed by atoms with van der Waals surface area (Å²) in [4.78, 5) is 7.18. The van der Waals surface area contributed by atoms with Gasteiger partial charge in [-0.15, -0.1) is 0 Å². The molecule has 0 aliphatic heterocycles. The fraction of sp³-hybridized carbons (Fsp3) is 0.400. The van der Waals surface area contributed by atoms with Crippen molar-refractivity contribution in [3.8, 4) is 0 Å². The van der Waals surface area contributed by atoms with E-state index in [-0.39, 0.29) is 6.04 Å². The van der Waals surface area contributed by atoms with Crippen LogP contribution in [0.1, 0.15) is 17.6 Å². The molecule has 8 heteroatoms. The Morgan fingerprint density at radius 1 is 1.67 bits per heavy atom. The third-order valence-corrected chi connectivity index (χ3v) is 2.86. The third-order valence-electron chi connectivity index (χ3n) is 2.57. The van der Waals surface area contributed by atoms with E-state index < -0.39 is 0 Å². The number of methoxy groups -OCH3 is 1. The van der Waals surface area contributed by atoms with Gasteiger partial charge < -0.3 is 9.72 Å². The molecule has 4 N–H and O–H groups in total. The Labute approximate surface area is 109 Å². The number of rotatable bonds is 6. The summed E-state index contributed by atoms with van der Waals surface area (Å²) in [5.74, 6) is 6.26. The number of aromatic nitrogens is 4. The molecular formula is C10H15ClN6O. The van der Waals surface area contributed by atoms with Crippen molar-refractivity contribution in [1.29, 1.82) is 0 Å². The van der Waals surface area contributed by atoms with Crippen molar-refractivity contribution in [1.82, 2.24) is 25.2 Å². The van der Waals surface area contributed by atoms with Crippen LogP contribution in [0, 0.1) is 0 Å². The van der Waals surface area contributed by atoms with E-state index in [2.05, 4.69) is 20.5 Å². The number of nitrogens with one attached hydrogen (secondary N) is 2. The first-order chi connectivity index (χ1) is 8.77. The van der Waals surface area contributed by atoms with E-state index in [1.165, 1.54) is 0 Å². The maximum absolute atomic E-state index is 6.15. The van der Waals surface area contributed by atoms with Crippen molar-refractivity contribution in [3.05, 3.63) is 35.1 Å². The Kier molecular flexibility index (Phi) is 4.32. The lowest BCUT2D eigenvalue weighted by Crippen LogP contribution is -2.32. The molecule has 2 rings (SSSR count). The monoisotopic (exact) mass is 270 g/mol. The lowest BCUT2D eigenvalue weighted by Gasteiger charge is -2.16. The van der Waals surface area contributed by atoms with Gasteiger partial charge in [-0.3, -0.25) is 10.5 Å². The van der Waals surface area contributed by atoms with E-state index in [4.69, 9.17) is 22.2 Å². The van der Waals surface area contributed by atoms with Crippen molar-refractivity contribution in [3.63, 3.8) is 0 Å². The molecule has 0 saturated carbocycles. The van der Waals surface area contributed by atoms with E-state index in [0.29, 0.717) is 24.0 Å². The summed E-state index contributed by atoms with van der Waals surface area (Å²) in [6.07, 6.45) is 4.96. The molecule has 0 aliphatic rings. The van der Waals surface area contributed by atoms with Crippen LogP contribution in [0.2, 0.25) is 5.02 Å². The van der Waals surface area contributed by atoms with Crippen LogP contribution in [-0.2, 0) is 11.3 Å². The maximum Gasteiger partial charge on any atom is 0.130 e. The topological polar surface area (TPSA) is 93.8 Å². The molecule has 7 nitrogen and oxygen atoms in total. The average Bonchev–Trinajstić information content (AvgIpc) is 3.00. The van der Waals surface area contributed by atoms with Crippen LogP contribution >= 0.6 is 11.6 Å². The quantitative estimate of drug-likeness (QED) is 0.524. The van der Waals surface area contributed by atoms with Crippen LogP contribution in [0.15, 0.2) is 18.6 Å². The van der Waals surface area contributed by atoms with Crippen molar-refractivity contribution < 1.29 is 4.74 Å². The molecule has 2 aromatic heterocycles. The van der Waals surface area contributed by atoms with E-state index in [0.717, 1.165) is 5.69 Å². The molecule has 2 heterocycles. The number of nitrogens with two attached hydrogens (primary N) is 1. The number of imidazole rings is 1. The summed E-state index contributed by atoms with van der Waals surface area (Å²) in [6.45, 7) is 1.14. The van der Waals surface area contributed by atoms with Crippen molar-refractivity contribution in [2.45, 2.75) is 12.6 Å². The summed E-state index contributed by atoms with van der Waals surface area (Å²) in [7, 11) is 1.63. The van der Waals surface area contributed by atoms with Gasteiger partial charge >= 0.3 is 0 Å². The lowest BCUT2D eigenvalue weighted by atomic mass is 10.2. The molecular weight excluding hydrogens is 256 g/mol. The van der Waals surface area contributed by atoms with Crippen LogP contribution in [0.4, 0.5) is 0 Å². The highest BCUT2D eigenvalue weighted by molar-refractivity contribution is 6.31. The zero-order chi connectivity index (χ0) is 13.0. The Morgan fingerprint density at radius 3 is 3.11 bits per heavy atom. The second-order valence-electron chi connectivity index (χ2n) is 3.67. The Bertz CT molecular complexity index is 483. The summed E-state index contributed by atoms with van der Waals surface area (Å²) < 4.78 is 6.78. The molecule has 18 heavy (non-hydrogen) atoms. The van der Waals surface area contributed by atoms with E-state index in [9.17, 15) is 0 Å². The first-order valence-corrected chi connectivity index (χ1v) is 5.81. The van der Waals surface area contributed by atoms with E-state index in [1.807, 2.05) is 0 Å². The van der Waals surface area contributed by atoms with Gasteiger partial charge in [0, 0.05) is 19.5 Å². The Hall–Kier alpha value is -1.41. The van der Waals surface area contributed by atoms with Crippen molar-refractivity contribution >= 4 is 11.6 Å². The zero-order valence-electron chi connectivity index (χ0n) is 9.93. The molecule has 1 unspecified atom stereocenters. The number of hydrogen-bond donors (Lipinski definition) is 3. The Morgan fingerprint density at radius 2 is 2.50 bits per heavy atom. The number of aromatic amines is 1. The minimum atomic E-state index is -0.341. The molecule has 0 spiro atoms. The number of hydrogen-bond acceptors (Lipinski definition) is 5. The van der Waals surface area contributed by atoms with Gasteiger partial charge in [-0.2, -0.15) is 5.10 Å². The summed E-state index contributed by atoms with van der Waals surface area (Å²) >= 11 is 6.15. The van der Waals surface area contributed by atoms with E-state index >= 15 is 0 Å². The fourth-order valence-corrected chi connectivity index (χ4v) is 1.99. The highest BCUT2D eigenvalue weighted by Crippen LogP contribution is 2.25. The van der Waals surface area contributed by atoms with Gasteiger partial charge in [-0.1, -0.05) is 11.6 Å². The van der Waals surface area contributed by atoms with E-state index in [1.54, 1.807) is 30.4 Å². The molecule has 0 saturated heterocycles. The number of nitrogens with zero attached hydrogens (tertiary/aromatic N) is 3. The number of hydrazine groups is 1. The summed E-state index contributed by atoms with van der Waals surface area (Å²) in [5.41, 5.74) is 3.44. The SMILES string of the molecule is COCCn1ncc(Cl)c1C(NN)c1ncc[nH]1. The zero-order valence-corrected chi connectivity index (χ0v) is 10.7. The van der Waals surface area contributed by atoms with Crippen molar-refractivity contribution in [2.75, 3.05) is 13.7 Å². The first-order valence-electron chi connectivity index (χ1n) is 5.43. The second kappa shape index (κ2) is 5.96. The second-order valence-corrected chi connectivity index (χ2v) is 4.07. The minimum Gasteiger partial charge on any atom is -0.383 e. The molecule has 1 atom stereocenters. The van der Waals surface area contributed by atoms with Gasteiger partial charge in [0.25, 0.3) is 0 Å². The molecule has 0 aromatic carbocycles. The molecule has 0 aliphatic carbocycles. The number of halogens is 1. The molecule has 0 amide bonds. The average molecular weight is 271 g/mol. The number of ether oxygens (including phenoxy) is 1. The lowest BCUT2D eigenvalue weighted by molar-refractivity contribution is 0.182. The highest BCUT2D eigenvalue weighted by Gasteiger charge is 2.22. The fourth-order valence-electron chi connectivity index (χ4n) is 1.74. The smallest absolute Gasteiger partial charge is 0.130 e. The van der Waals surface area contributed by atoms with Gasteiger partial charge in [-0.05, 0) is 0 Å². The number of H-pyrrole nitrogens is 1. The van der Waals surface area contributed by atoms with Gasteiger partial charge in [0.05, 0.1) is 30.1 Å². The predicted octanol–water partition coefficient (Wildman–Crippen LogP) is 0.459. The van der Waals surface area contributed by atoms with Crippen LogP contribution < -0.4 is 11.3 Å². The standard InChI is InChI=1S/C10H15ClN6O/c1-18-5-4-17-9(7(11)6-15-17)8(16-12)10-13-2-3-14-10/h2-3,6,8,16H,4-5,12H2,1H3,(H,13,14). The molecule has 98 valence electrons. The summed E-state index contributed by atoms with van der Waals surface area (Å²) in [6, 6.07) is -0.341. The summed E-state index contributed by atoms with van der Waals surface area (Å²) in [5, 5.41) is 4.73. The predicted molar refractivity (Wildman–Crippen MR) is 66.9 cm³/mol. The largest absolute Gasteiger partial charge is 0.383 e. The maximum atomic E-state index is 6.15. The molecule has 0 fully saturated rings. The third kappa shape index (κ3) is 2.54. The van der Waals surface area contributed by atoms with Crippen LogP contribution in [0.5, 0.6) is 0 Å². The minimum absolute atomic E-state index is 0.341. The van der Waals surface area contributed by atoms with Gasteiger partial charge in [-0.25, -0.2) is 10.4 Å². The van der Waals surface area contributed by atoms with Crippen LogP contribution in [0.25, 0.3) is 0 Å². The molecule has 0 bridgehead atoms. The van der Waals surface area contributed by atoms with Gasteiger partial charge in [0.2, 0.25) is 0 Å². The highest BCUT2D eigenvalue weighted by atomic mass is 35.5. The molecule has 0 radical (unpaired) electrons. The van der Waals surface area contributed by atoms with Gasteiger partial charge in [0.1, 0.15) is 11.9 Å².